The number of nitrogens with zero attached hydrogens (tertiary/aromatic N) is 5. The Labute approximate surface area is 161 Å². The molecule has 1 amide bonds. The van der Waals surface area contributed by atoms with Crippen LogP contribution in [-0.4, -0.2) is 65.4 Å². The van der Waals surface area contributed by atoms with Gasteiger partial charge < -0.3 is 9.80 Å². The van der Waals surface area contributed by atoms with Crippen LogP contribution in [-0.2, 0) is 6.54 Å². The lowest BCUT2D eigenvalue weighted by atomic mass is 10.2. The second-order valence-electron chi connectivity index (χ2n) is 7.10. The summed E-state index contributed by atoms with van der Waals surface area (Å²) in [6, 6.07) is 10.5. The van der Waals surface area contributed by atoms with Gasteiger partial charge in [-0.1, -0.05) is 43.7 Å². The van der Waals surface area contributed by atoms with E-state index in [1.54, 1.807) is 12.4 Å². The summed E-state index contributed by atoms with van der Waals surface area (Å²) in [6.07, 6.45) is 5.55. The van der Waals surface area contributed by atoms with Gasteiger partial charge >= 0.3 is 0 Å². The number of unbranched alkanes of at least 4 members (excludes halogenated alkanes) is 1. The SMILES string of the molecule is CCCCN(C)c1ncc(C(=O)N2CCN(Cc3ccccc3)CC2)cn1. The highest BCUT2D eigenvalue weighted by Gasteiger charge is 2.22. The van der Waals surface area contributed by atoms with E-state index in [2.05, 4.69) is 46.1 Å². The zero-order valence-corrected chi connectivity index (χ0v) is 16.3. The third-order valence-corrected chi connectivity index (χ3v) is 4.98. The van der Waals surface area contributed by atoms with Crippen molar-refractivity contribution in [1.82, 2.24) is 19.8 Å². The van der Waals surface area contributed by atoms with Crippen LogP contribution in [0.5, 0.6) is 0 Å². The molecule has 0 aliphatic carbocycles. The topological polar surface area (TPSA) is 52.6 Å². The Hall–Kier alpha value is -2.47. The van der Waals surface area contributed by atoms with Crippen molar-refractivity contribution < 1.29 is 4.79 Å². The third-order valence-electron chi connectivity index (χ3n) is 4.98. The van der Waals surface area contributed by atoms with E-state index in [9.17, 15) is 4.79 Å². The summed E-state index contributed by atoms with van der Waals surface area (Å²) in [4.78, 5) is 27.8. The zero-order chi connectivity index (χ0) is 19.1. The Kier molecular flexibility index (Phi) is 6.76. The van der Waals surface area contributed by atoms with Crippen LogP contribution in [0.1, 0.15) is 35.7 Å². The number of benzene rings is 1. The third kappa shape index (κ3) is 5.26. The van der Waals surface area contributed by atoms with E-state index in [4.69, 9.17) is 0 Å². The minimum Gasteiger partial charge on any atom is -0.344 e. The Morgan fingerprint density at radius 3 is 2.37 bits per heavy atom. The molecule has 0 bridgehead atoms. The fourth-order valence-electron chi connectivity index (χ4n) is 3.26. The Bertz CT molecular complexity index is 711. The molecule has 1 aromatic heterocycles. The lowest BCUT2D eigenvalue weighted by molar-refractivity contribution is 0.0627. The fraction of sp³-hybridized carbons (Fsp3) is 0.476. The molecular formula is C21H29N5O. The van der Waals surface area contributed by atoms with Gasteiger partial charge in [0.25, 0.3) is 5.91 Å². The number of carbonyl (C=O) groups is 1. The Morgan fingerprint density at radius 2 is 1.74 bits per heavy atom. The summed E-state index contributed by atoms with van der Waals surface area (Å²) < 4.78 is 0. The standard InChI is InChI=1S/C21H29N5O/c1-3-4-10-24(2)21-22-15-19(16-23-21)20(27)26-13-11-25(12-14-26)17-18-8-6-5-7-9-18/h5-9,15-16H,3-4,10-14,17H2,1-2H3. The molecule has 6 nitrogen and oxygen atoms in total. The molecule has 2 aromatic rings. The highest BCUT2D eigenvalue weighted by atomic mass is 16.2. The molecule has 3 rings (SSSR count). The molecule has 1 aliphatic heterocycles. The minimum atomic E-state index is 0.0251. The first-order chi connectivity index (χ1) is 13.2. The second-order valence-corrected chi connectivity index (χ2v) is 7.10. The van der Waals surface area contributed by atoms with Gasteiger partial charge in [-0.25, -0.2) is 9.97 Å². The van der Waals surface area contributed by atoms with Crippen LogP contribution in [0.3, 0.4) is 0 Å². The van der Waals surface area contributed by atoms with Crippen LogP contribution in [0.4, 0.5) is 5.95 Å². The van der Waals surface area contributed by atoms with Gasteiger partial charge in [-0.05, 0) is 12.0 Å². The molecule has 144 valence electrons. The fourth-order valence-corrected chi connectivity index (χ4v) is 3.26. The van der Waals surface area contributed by atoms with Gasteiger partial charge in [-0.3, -0.25) is 9.69 Å². The molecule has 0 N–H and O–H groups in total. The van der Waals surface area contributed by atoms with Crippen molar-refractivity contribution in [2.75, 3.05) is 44.7 Å². The lowest BCUT2D eigenvalue weighted by Gasteiger charge is -2.34. The van der Waals surface area contributed by atoms with Crippen molar-refractivity contribution in [3.05, 3.63) is 53.9 Å². The van der Waals surface area contributed by atoms with E-state index in [1.807, 2.05) is 22.9 Å². The van der Waals surface area contributed by atoms with Crippen LogP contribution >= 0.6 is 0 Å². The summed E-state index contributed by atoms with van der Waals surface area (Å²) in [6.45, 7) is 7.28. The van der Waals surface area contributed by atoms with E-state index < -0.39 is 0 Å². The number of hydrogen-bond acceptors (Lipinski definition) is 5. The van der Waals surface area contributed by atoms with Gasteiger partial charge in [0.15, 0.2) is 0 Å². The van der Waals surface area contributed by atoms with Crippen LogP contribution in [0, 0.1) is 0 Å². The first kappa shape index (κ1) is 19.3. The molecule has 6 heteroatoms. The largest absolute Gasteiger partial charge is 0.344 e. The summed E-state index contributed by atoms with van der Waals surface area (Å²) in [5, 5.41) is 0. The van der Waals surface area contributed by atoms with Gasteiger partial charge in [0.2, 0.25) is 5.95 Å². The van der Waals surface area contributed by atoms with E-state index in [1.165, 1.54) is 5.56 Å². The van der Waals surface area contributed by atoms with Gasteiger partial charge in [0.1, 0.15) is 0 Å². The molecule has 0 unspecified atom stereocenters. The predicted molar refractivity (Wildman–Crippen MR) is 108 cm³/mol. The number of aromatic nitrogens is 2. The molecular weight excluding hydrogens is 338 g/mol. The van der Waals surface area contributed by atoms with Gasteiger partial charge in [-0.2, -0.15) is 0 Å². The average Bonchev–Trinajstić information content (AvgIpc) is 2.73. The van der Waals surface area contributed by atoms with Crippen LogP contribution in [0.2, 0.25) is 0 Å². The summed E-state index contributed by atoms with van der Waals surface area (Å²) >= 11 is 0. The van der Waals surface area contributed by atoms with E-state index in [0.29, 0.717) is 11.5 Å². The number of anilines is 1. The average molecular weight is 367 g/mol. The molecule has 1 saturated heterocycles. The maximum atomic E-state index is 12.7. The maximum absolute atomic E-state index is 12.7. The van der Waals surface area contributed by atoms with Crippen molar-refractivity contribution in [2.24, 2.45) is 0 Å². The van der Waals surface area contributed by atoms with Crippen LogP contribution in [0.25, 0.3) is 0 Å². The minimum absolute atomic E-state index is 0.0251. The van der Waals surface area contributed by atoms with Gasteiger partial charge in [-0.15, -0.1) is 0 Å². The molecule has 0 atom stereocenters. The Balaban J connectivity index is 1.51. The molecule has 27 heavy (non-hydrogen) atoms. The van der Waals surface area contributed by atoms with Crippen LogP contribution in [0.15, 0.2) is 42.7 Å². The number of amides is 1. The number of carbonyl (C=O) groups excluding carboxylic acids is 1. The van der Waals surface area contributed by atoms with E-state index in [0.717, 1.165) is 52.1 Å². The monoisotopic (exact) mass is 367 g/mol. The van der Waals surface area contributed by atoms with Gasteiger partial charge in [0.05, 0.1) is 5.56 Å². The molecule has 1 aliphatic rings. The molecule has 1 aromatic carbocycles. The number of hydrogen-bond donors (Lipinski definition) is 0. The zero-order valence-electron chi connectivity index (χ0n) is 16.3. The molecule has 0 saturated carbocycles. The molecule has 0 spiro atoms. The highest BCUT2D eigenvalue weighted by Crippen LogP contribution is 2.12. The van der Waals surface area contributed by atoms with E-state index >= 15 is 0 Å². The first-order valence-corrected chi connectivity index (χ1v) is 9.76. The molecule has 0 radical (unpaired) electrons. The first-order valence-electron chi connectivity index (χ1n) is 9.76. The number of rotatable bonds is 7. The van der Waals surface area contributed by atoms with Crippen molar-refractivity contribution in [2.45, 2.75) is 26.3 Å². The van der Waals surface area contributed by atoms with Crippen molar-refractivity contribution >= 4 is 11.9 Å². The smallest absolute Gasteiger partial charge is 0.257 e. The predicted octanol–water partition coefficient (Wildman–Crippen LogP) is 2.67. The van der Waals surface area contributed by atoms with Crippen molar-refractivity contribution in [1.29, 1.82) is 0 Å². The van der Waals surface area contributed by atoms with Crippen molar-refractivity contribution in [3.8, 4) is 0 Å². The summed E-state index contributed by atoms with van der Waals surface area (Å²) in [5.41, 5.74) is 1.88. The van der Waals surface area contributed by atoms with Crippen LogP contribution < -0.4 is 4.90 Å². The Morgan fingerprint density at radius 1 is 1.07 bits per heavy atom. The van der Waals surface area contributed by atoms with E-state index in [-0.39, 0.29) is 5.91 Å². The number of piperazine rings is 1. The summed E-state index contributed by atoms with van der Waals surface area (Å²) in [7, 11) is 1.98. The second kappa shape index (κ2) is 9.46. The van der Waals surface area contributed by atoms with Crippen molar-refractivity contribution in [3.63, 3.8) is 0 Å². The highest BCUT2D eigenvalue weighted by molar-refractivity contribution is 5.93. The molecule has 2 heterocycles. The van der Waals surface area contributed by atoms with Gasteiger partial charge in [0, 0.05) is 58.7 Å². The summed E-state index contributed by atoms with van der Waals surface area (Å²) in [5.74, 6) is 0.699. The normalized spacial score (nSPS) is 15.0. The lowest BCUT2D eigenvalue weighted by Crippen LogP contribution is -2.48. The quantitative estimate of drug-likeness (QED) is 0.753. The maximum Gasteiger partial charge on any atom is 0.257 e. The molecule has 1 fully saturated rings.